The summed E-state index contributed by atoms with van der Waals surface area (Å²) in [5.74, 6) is 2.45. The monoisotopic (exact) mass is 561 g/mol. The third kappa shape index (κ3) is 5.99. The number of halogens is 1. The quantitative estimate of drug-likeness (QED) is 0.186. The fraction of sp³-hybridized carbons (Fsp3) is 0.344. The molecular formula is C32H36ClN3O4. The summed E-state index contributed by atoms with van der Waals surface area (Å²) in [7, 11) is 1.56. The van der Waals surface area contributed by atoms with E-state index in [2.05, 4.69) is 18.9 Å². The number of aryl methyl sites for hydroxylation is 1. The Balaban J connectivity index is 1.98. The maximum absolute atomic E-state index is 13.8. The molecule has 1 aromatic heterocycles. The van der Waals surface area contributed by atoms with Crippen molar-refractivity contribution < 1.29 is 14.2 Å². The molecule has 0 bridgehead atoms. The minimum Gasteiger partial charge on any atom is -0.494 e. The van der Waals surface area contributed by atoms with Crippen LogP contribution in [0.5, 0.6) is 17.2 Å². The number of fused-ring (bicyclic) bond motifs is 1. The van der Waals surface area contributed by atoms with Gasteiger partial charge in [-0.1, -0.05) is 44.5 Å². The number of hydrogen-bond acceptors (Lipinski definition) is 6. The van der Waals surface area contributed by atoms with Gasteiger partial charge in [0.2, 0.25) is 0 Å². The molecule has 0 amide bonds. The number of ether oxygens (including phenoxy) is 3. The third-order valence-electron chi connectivity index (χ3n) is 6.75. The normalized spacial score (nSPS) is 12.3. The van der Waals surface area contributed by atoms with Crippen LogP contribution in [-0.4, -0.2) is 35.7 Å². The van der Waals surface area contributed by atoms with Crippen molar-refractivity contribution in [1.82, 2.24) is 9.66 Å². The Morgan fingerprint density at radius 2 is 1.82 bits per heavy atom. The van der Waals surface area contributed by atoms with Crippen LogP contribution in [0, 0.1) is 6.92 Å². The summed E-state index contributed by atoms with van der Waals surface area (Å²) < 4.78 is 19.0. The second-order valence-electron chi connectivity index (χ2n) is 9.97. The van der Waals surface area contributed by atoms with Gasteiger partial charge in [0.1, 0.15) is 5.75 Å². The molecule has 0 saturated heterocycles. The molecule has 3 aromatic carbocycles. The maximum Gasteiger partial charge on any atom is 0.282 e. The third-order valence-corrected chi connectivity index (χ3v) is 6.97. The number of aromatic nitrogens is 2. The Labute approximate surface area is 240 Å². The molecule has 1 atom stereocenters. The molecule has 0 radical (unpaired) electrons. The van der Waals surface area contributed by atoms with Gasteiger partial charge >= 0.3 is 0 Å². The first-order valence-electron chi connectivity index (χ1n) is 13.6. The van der Waals surface area contributed by atoms with E-state index in [0.29, 0.717) is 45.4 Å². The standard InChI is InChI=1S/C32H36ClN3O4/c1-8-21(6)40-30-22(15-23(33)16-29(30)38-7)18-34-36-31(35-27-13-11-10-12-24(27)32(36)37)26-17-25(19(3)4)28(39-9-2)14-20(26)5/h10-19,21H,8-9H2,1-7H3/t21-/m0/s1. The van der Waals surface area contributed by atoms with Crippen LogP contribution in [0.3, 0.4) is 0 Å². The van der Waals surface area contributed by atoms with E-state index in [1.165, 1.54) is 4.68 Å². The van der Waals surface area contributed by atoms with Crippen molar-refractivity contribution in [3.05, 3.63) is 80.6 Å². The van der Waals surface area contributed by atoms with Crippen molar-refractivity contribution >= 4 is 28.7 Å². The van der Waals surface area contributed by atoms with E-state index in [1.807, 2.05) is 58.0 Å². The highest BCUT2D eigenvalue weighted by Gasteiger charge is 2.19. The minimum absolute atomic E-state index is 0.0659. The SMILES string of the molecule is CCOc1cc(C)c(-c2nc3ccccc3c(=O)n2N=Cc2cc(Cl)cc(OC)c2O[C@@H](C)CC)cc1C(C)C. The molecule has 0 fully saturated rings. The minimum atomic E-state index is -0.283. The molecule has 0 N–H and O–H groups in total. The molecule has 1 heterocycles. The fourth-order valence-electron chi connectivity index (χ4n) is 4.44. The first-order chi connectivity index (χ1) is 19.2. The number of rotatable bonds is 10. The molecule has 0 aliphatic carbocycles. The Morgan fingerprint density at radius 1 is 1.07 bits per heavy atom. The van der Waals surface area contributed by atoms with Crippen LogP contribution >= 0.6 is 11.6 Å². The van der Waals surface area contributed by atoms with E-state index in [9.17, 15) is 4.79 Å². The van der Waals surface area contributed by atoms with Crippen LogP contribution in [0.25, 0.3) is 22.3 Å². The van der Waals surface area contributed by atoms with Crippen LogP contribution in [0.4, 0.5) is 0 Å². The number of methoxy groups -OCH3 is 1. The van der Waals surface area contributed by atoms with Gasteiger partial charge < -0.3 is 14.2 Å². The van der Waals surface area contributed by atoms with Crippen LogP contribution < -0.4 is 19.8 Å². The van der Waals surface area contributed by atoms with Crippen molar-refractivity contribution in [1.29, 1.82) is 0 Å². The first kappa shape index (κ1) is 29.2. The summed E-state index contributed by atoms with van der Waals surface area (Å²) in [4.78, 5) is 18.8. The molecule has 0 aliphatic heterocycles. The highest BCUT2D eigenvalue weighted by atomic mass is 35.5. The molecule has 0 spiro atoms. The highest BCUT2D eigenvalue weighted by molar-refractivity contribution is 6.31. The summed E-state index contributed by atoms with van der Waals surface area (Å²) in [6, 6.07) is 14.8. The molecule has 7 nitrogen and oxygen atoms in total. The second-order valence-corrected chi connectivity index (χ2v) is 10.4. The Bertz CT molecular complexity index is 1610. The van der Waals surface area contributed by atoms with Gasteiger partial charge in [0.25, 0.3) is 5.56 Å². The largest absolute Gasteiger partial charge is 0.494 e. The zero-order valence-corrected chi connectivity index (χ0v) is 24.9. The molecule has 210 valence electrons. The summed E-state index contributed by atoms with van der Waals surface area (Å²) in [6.07, 6.45) is 2.31. The number of para-hydroxylation sites is 1. The summed E-state index contributed by atoms with van der Waals surface area (Å²) in [6.45, 7) is 12.8. The van der Waals surface area contributed by atoms with Gasteiger partial charge in [0.05, 0.1) is 36.9 Å². The molecule has 4 rings (SSSR count). The second kappa shape index (κ2) is 12.6. The van der Waals surface area contributed by atoms with Crippen molar-refractivity contribution in [2.24, 2.45) is 5.10 Å². The molecular weight excluding hydrogens is 526 g/mol. The van der Waals surface area contributed by atoms with Gasteiger partial charge in [-0.15, -0.1) is 0 Å². The van der Waals surface area contributed by atoms with Gasteiger partial charge in [-0.3, -0.25) is 4.79 Å². The predicted octanol–water partition coefficient (Wildman–Crippen LogP) is 7.62. The topological polar surface area (TPSA) is 74.9 Å². The van der Waals surface area contributed by atoms with Crippen molar-refractivity contribution in [3.8, 4) is 28.6 Å². The number of nitrogens with zero attached hydrogens (tertiary/aromatic N) is 3. The van der Waals surface area contributed by atoms with E-state index < -0.39 is 0 Å². The van der Waals surface area contributed by atoms with Gasteiger partial charge in [0.15, 0.2) is 17.3 Å². The van der Waals surface area contributed by atoms with Gasteiger partial charge in [0, 0.05) is 22.2 Å². The van der Waals surface area contributed by atoms with Crippen LogP contribution in [0.1, 0.15) is 63.6 Å². The average molecular weight is 562 g/mol. The molecule has 8 heteroatoms. The van der Waals surface area contributed by atoms with Gasteiger partial charge in [-0.2, -0.15) is 9.78 Å². The predicted molar refractivity (Wildman–Crippen MR) is 163 cm³/mol. The smallest absolute Gasteiger partial charge is 0.282 e. The Kier molecular flexibility index (Phi) is 9.15. The lowest BCUT2D eigenvalue weighted by Gasteiger charge is -2.19. The van der Waals surface area contributed by atoms with Crippen molar-refractivity contribution in [3.63, 3.8) is 0 Å². The van der Waals surface area contributed by atoms with Gasteiger partial charge in [-0.25, -0.2) is 4.98 Å². The van der Waals surface area contributed by atoms with Crippen molar-refractivity contribution in [2.75, 3.05) is 13.7 Å². The van der Waals surface area contributed by atoms with E-state index in [4.69, 9.17) is 30.8 Å². The summed E-state index contributed by atoms with van der Waals surface area (Å²) in [5.41, 5.74) is 3.65. The highest BCUT2D eigenvalue weighted by Crippen LogP contribution is 2.36. The molecule has 0 aliphatic rings. The zero-order valence-electron chi connectivity index (χ0n) is 24.1. The molecule has 0 saturated carbocycles. The van der Waals surface area contributed by atoms with E-state index in [0.717, 1.165) is 28.9 Å². The fourth-order valence-corrected chi connectivity index (χ4v) is 4.66. The lowest BCUT2D eigenvalue weighted by molar-refractivity contribution is 0.207. The van der Waals surface area contributed by atoms with Crippen LogP contribution in [0.15, 0.2) is 58.4 Å². The lowest BCUT2D eigenvalue weighted by Crippen LogP contribution is -2.21. The van der Waals surface area contributed by atoms with Crippen LogP contribution in [-0.2, 0) is 0 Å². The summed E-state index contributed by atoms with van der Waals surface area (Å²) >= 11 is 6.41. The Hall–Kier alpha value is -3.84. The van der Waals surface area contributed by atoms with E-state index >= 15 is 0 Å². The molecule has 4 aromatic rings. The molecule has 0 unspecified atom stereocenters. The van der Waals surface area contributed by atoms with Gasteiger partial charge in [-0.05, 0) is 74.6 Å². The number of hydrogen-bond donors (Lipinski definition) is 0. The average Bonchev–Trinajstić information content (AvgIpc) is 2.93. The number of benzene rings is 3. The Morgan fingerprint density at radius 3 is 2.50 bits per heavy atom. The van der Waals surface area contributed by atoms with Crippen LogP contribution in [0.2, 0.25) is 5.02 Å². The maximum atomic E-state index is 13.8. The summed E-state index contributed by atoms with van der Waals surface area (Å²) in [5, 5.41) is 5.61. The zero-order chi connectivity index (χ0) is 29.0. The van der Waals surface area contributed by atoms with E-state index in [-0.39, 0.29) is 17.6 Å². The van der Waals surface area contributed by atoms with Crippen molar-refractivity contribution in [2.45, 2.75) is 60.0 Å². The van der Waals surface area contributed by atoms with E-state index in [1.54, 1.807) is 31.5 Å². The first-order valence-corrected chi connectivity index (χ1v) is 13.9. The molecule has 40 heavy (non-hydrogen) atoms. The lowest BCUT2D eigenvalue weighted by atomic mass is 9.96.